The number of hydrogen-bond acceptors (Lipinski definition) is 7. The summed E-state index contributed by atoms with van der Waals surface area (Å²) < 4.78 is 6.44. The predicted octanol–water partition coefficient (Wildman–Crippen LogP) is -0.500. The van der Waals surface area contributed by atoms with Gasteiger partial charge in [0, 0.05) is 19.5 Å². The minimum Gasteiger partial charge on any atom is -0.476 e. The van der Waals surface area contributed by atoms with Gasteiger partial charge < -0.3 is 14.9 Å². The van der Waals surface area contributed by atoms with Crippen molar-refractivity contribution in [2.24, 2.45) is 0 Å². The summed E-state index contributed by atoms with van der Waals surface area (Å²) in [7, 11) is 0. The number of nitrogens with one attached hydrogen (secondary N) is 1. The number of rotatable bonds is 7. The van der Waals surface area contributed by atoms with Gasteiger partial charge in [-0.2, -0.15) is 4.98 Å². The standard InChI is InChI=1S/C10H14N6O3/c1-7-12-9(19-14-7)2-3-11-4-5-16-6-8(10(17)18)13-15-16/h6,11H,2-5H2,1H3,(H,17,18). The molecule has 2 aromatic rings. The zero-order valence-corrected chi connectivity index (χ0v) is 10.4. The van der Waals surface area contributed by atoms with Crippen LogP contribution in [0.4, 0.5) is 0 Å². The first-order chi connectivity index (χ1) is 9.15. The predicted molar refractivity (Wildman–Crippen MR) is 62.6 cm³/mol. The van der Waals surface area contributed by atoms with Crippen molar-refractivity contribution in [2.45, 2.75) is 19.9 Å². The molecule has 0 atom stereocenters. The molecule has 0 aliphatic carbocycles. The Kier molecular flexibility index (Phi) is 4.18. The Morgan fingerprint density at radius 1 is 1.53 bits per heavy atom. The van der Waals surface area contributed by atoms with E-state index in [2.05, 4.69) is 25.8 Å². The van der Waals surface area contributed by atoms with Crippen LogP contribution in [0.2, 0.25) is 0 Å². The van der Waals surface area contributed by atoms with E-state index in [4.69, 9.17) is 9.63 Å². The summed E-state index contributed by atoms with van der Waals surface area (Å²) in [6.07, 6.45) is 2.05. The van der Waals surface area contributed by atoms with Crippen molar-refractivity contribution in [3.05, 3.63) is 23.6 Å². The summed E-state index contributed by atoms with van der Waals surface area (Å²) in [5, 5.41) is 22.8. The van der Waals surface area contributed by atoms with Gasteiger partial charge in [0.15, 0.2) is 11.5 Å². The van der Waals surface area contributed by atoms with Gasteiger partial charge in [-0.15, -0.1) is 5.10 Å². The van der Waals surface area contributed by atoms with Crippen LogP contribution in [0.1, 0.15) is 22.2 Å². The van der Waals surface area contributed by atoms with Crippen molar-refractivity contribution >= 4 is 5.97 Å². The van der Waals surface area contributed by atoms with Gasteiger partial charge in [0.25, 0.3) is 0 Å². The lowest BCUT2D eigenvalue weighted by Gasteiger charge is -2.02. The highest BCUT2D eigenvalue weighted by molar-refractivity contribution is 5.84. The number of carbonyl (C=O) groups is 1. The maximum absolute atomic E-state index is 10.6. The summed E-state index contributed by atoms with van der Waals surface area (Å²) in [5.74, 6) is 0.142. The highest BCUT2D eigenvalue weighted by Gasteiger charge is 2.07. The van der Waals surface area contributed by atoms with E-state index in [0.29, 0.717) is 37.8 Å². The molecular formula is C10H14N6O3. The Morgan fingerprint density at radius 3 is 3.00 bits per heavy atom. The molecule has 0 aliphatic rings. The van der Waals surface area contributed by atoms with Crippen LogP contribution in [0.15, 0.2) is 10.7 Å². The molecule has 9 heteroatoms. The molecular weight excluding hydrogens is 252 g/mol. The van der Waals surface area contributed by atoms with E-state index >= 15 is 0 Å². The number of aryl methyl sites for hydroxylation is 1. The van der Waals surface area contributed by atoms with Crippen molar-refractivity contribution in [2.75, 3.05) is 13.1 Å². The van der Waals surface area contributed by atoms with E-state index in [-0.39, 0.29) is 5.69 Å². The summed E-state index contributed by atoms with van der Waals surface area (Å²) in [4.78, 5) is 14.7. The Balaban J connectivity index is 1.65. The van der Waals surface area contributed by atoms with Crippen molar-refractivity contribution < 1.29 is 14.4 Å². The van der Waals surface area contributed by atoms with Crippen LogP contribution in [0.3, 0.4) is 0 Å². The molecule has 0 amide bonds. The molecule has 0 unspecified atom stereocenters. The molecule has 0 saturated carbocycles. The quantitative estimate of drug-likeness (QED) is 0.644. The highest BCUT2D eigenvalue weighted by atomic mass is 16.5. The van der Waals surface area contributed by atoms with Crippen LogP contribution in [-0.4, -0.2) is 49.3 Å². The van der Waals surface area contributed by atoms with Crippen LogP contribution in [0.25, 0.3) is 0 Å². The lowest BCUT2D eigenvalue weighted by atomic mass is 10.4. The second kappa shape index (κ2) is 6.05. The van der Waals surface area contributed by atoms with Gasteiger partial charge in [-0.3, -0.25) is 4.68 Å². The minimum absolute atomic E-state index is 0.0543. The molecule has 0 fully saturated rings. The van der Waals surface area contributed by atoms with Gasteiger partial charge in [0.05, 0.1) is 12.7 Å². The fraction of sp³-hybridized carbons (Fsp3) is 0.500. The molecule has 0 saturated heterocycles. The average molecular weight is 266 g/mol. The third kappa shape index (κ3) is 3.85. The number of carboxylic acid groups (broad SMARTS) is 1. The van der Waals surface area contributed by atoms with Gasteiger partial charge in [-0.25, -0.2) is 4.79 Å². The summed E-state index contributed by atoms with van der Waals surface area (Å²) >= 11 is 0. The molecule has 2 rings (SSSR count). The van der Waals surface area contributed by atoms with E-state index in [0.717, 1.165) is 0 Å². The fourth-order valence-electron chi connectivity index (χ4n) is 1.46. The maximum atomic E-state index is 10.6. The second-order valence-corrected chi connectivity index (χ2v) is 3.91. The number of hydrogen-bond donors (Lipinski definition) is 2. The maximum Gasteiger partial charge on any atom is 0.358 e. The molecule has 0 radical (unpaired) electrons. The molecule has 102 valence electrons. The Morgan fingerprint density at radius 2 is 2.37 bits per heavy atom. The van der Waals surface area contributed by atoms with E-state index in [1.807, 2.05) is 0 Å². The molecule has 0 spiro atoms. The average Bonchev–Trinajstić information content (AvgIpc) is 2.98. The van der Waals surface area contributed by atoms with E-state index < -0.39 is 5.97 Å². The second-order valence-electron chi connectivity index (χ2n) is 3.91. The Hall–Kier alpha value is -2.29. The van der Waals surface area contributed by atoms with Gasteiger partial charge in [0.1, 0.15) is 0 Å². The van der Waals surface area contributed by atoms with Crippen LogP contribution in [-0.2, 0) is 13.0 Å². The van der Waals surface area contributed by atoms with Crippen molar-refractivity contribution in [3.63, 3.8) is 0 Å². The first-order valence-corrected chi connectivity index (χ1v) is 5.78. The summed E-state index contributed by atoms with van der Waals surface area (Å²) in [6.45, 7) is 3.66. The third-order valence-corrected chi connectivity index (χ3v) is 2.36. The molecule has 0 bridgehead atoms. The van der Waals surface area contributed by atoms with Crippen molar-refractivity contribution in [1.82, 2.24) is 30.5 Å². The normalized spacial score (nSPS) is 10.8. The molecule has 2 heterocycles. The minimum atomic E-state index is -1.08. The molecule has 2 N–H and O–H groups in total. The van der Waals surface area contributed by atoms with Gasteiger partial charge in [-0.05, 0) is 6.92 Å². The fourth-order valence-corrected chi connectivity index (χ4v) is 1.46. The van der Waals surface area contributed by atoms with E-state index in [1.54, 1.807) is 6.92 Å². The third-order valence-electron chi connectivity index (χ3n) is 2.36. The van der Waals surface area contributed by atoms with Crippen LogP contribution in [0.5, 0.6) is 0 Å². The van der Waals surface area contributed by atoms with Gasteiger partial charge >= 0.3 is 5.97 Å². The SMILES string of the molecule is Cc1noc(CCNCCn2cc(C(=O)O)nn2)n1. The number of nitrogens with zero attached hydrogens (tertiary/aromatic N) is 5. The zero-order valence-electron chi connectivity index (χ0n) is 10.4. The summed E-state index contributed by atoms with van der Waals surface area (Å²) in [6, 6.07) is 0. The molecule has 2 aromatic heterocycles. The topological polar surface area (TPSA) is 119 Å². The van der Waals surface area contributed by atoms with Crippen molar-refractivity contribution in [1.29, 1.82) is 0 Å². The molecule has 19 heavy (non-hydrogen) atoms. The summed E-state index contributed by atoms with van der Waals surface area (Å²) in [5.41, 5.74) is -0.0543. The van der Waals surface area contributed by atoms with Crippen LogP contribution < -0.4 is 5.32 Å². The van der Waals surface area contributed by atoms with Gasteiger partial charge in [0.2, 0.25) is 5.89 Å². The number of aromatic nitrogens is 5. The lowest BCUT2D eigenvalue weighted by Crippen LogP contribution is -2.22. The Bertz CT molecular complexity index is 549. The molecule has 9 nitrogen and oxygen atoms in total. The van der Waals surface area contributed by atoms with Crippen molar-refractivity contribution in [3.8, 4) is 0 Å². The van der Waals surface area contributed by atoms with Crippen LogP contribution >= 0.6 is 0 Å². The highest BCUT2D eigenvalue weighted by Crippen LogP contribution is 1.95. The largest absolute Gasteiger partial charge is 0.476 e. The number of aromatic carboxylic acids is 1. The lowest BCUT2D eigenvalue weighted by molar-refractivity contribution is 0.0690. The Labute approximate surface area is 108 Å². The molecule has 0 aliphatic heterocycles. The van der Waals surface area contributed by atoms with E-state index in [9.17, 15) is 4.79 Å². The number of carboxylic acids is 1. The smallest absolute Gasteiger partial charge is 0.358 e. The first-order valence-electron chi connectivity index (χ1n) is 5.78. The van der Waals surface area contributed by atoms with Gasteiger partial charge in [-0.1, -0.05) is 10.4 Å². The van der Waals surface area contributed by atoms with Crippen LogP contribution in [0, 0.1) is 6.92 Å². The molecule has 0 aromatic carbocycles. The monoisotopic (exact) mass is 266 g/mol. The zero-order chi connectivity index (χ0) is 13.7. The first kappa shape index (κ1) is 13.1. The van der Waals surface area contributed by atoms with E-state index in [1.165, 1.54) is 10.9 Å².